The molecule has 4 rings (SSSR count). The van der Waals surface area contributed by atoms with Crippen LogP contribution in [0.25, 0.3) is 0 Å². The lowest BCUT2D eigenvalue weighted by molar-refractivity contribution is -0.156. The van der Waals surface area contributed by atoms with Crippen LogP contribution in [0, 0.1) is 13.8 Å². The van der Waals surface area contributed by atoms with Crippen LogP contribution < -0.4 is 14.4 Å². The molecule has 0 N–H and O–H groups in total. The van der Waals surface area contributed by atoms with Gasteiger partial charge in [0.2, 0.25) is 12.0 Å². The Kier molecular flexibility index (Phi) is 5.90. The smallest absolute Gasteiger partial charge is 0.351 e. The van der Waals surface area contributed by atoms with Crippen LogP contribution in [0.3, 0.4) is 0 Å². The maximum atomic E-state index is 12.4. The van der Waals surface area contributed by atoms with Crippen molar-refractivity contribution in [3.05, 3.63) is 64.7 Å². The van der Waals surface area contributed by atoms with Crippen LogP contribution in [-0.4, -0.2) is 29.6 Å². The minimum Gasteiger partial charge on any atom is -0.485 e. The number of aryl methyl sites for hydroxylation is 1. The highest BCUT2D eigenvalue weighted by Gasteiger charge is 2.29. The van der Waals surface area contributed by atoms with Gasteiger partial charge in [-0.05, 0) is 43.2 Å². The molecule has 0 bridgehead atoms. The average molecular weight is 439 g/mol. The van der Waals surface area contributed by atoms with E-state index in [1.165, 1.54) is 18.3 Å². The molecular weight excluding hydrogens is 416 g/mol. The fraction of sp³-hybridized carbons (Fsp3) is 0.261. The van der Waals surface area contributed by atoms with Gasteiger partial charge in [0.25, 0.3) is 0 Å². The number of nitrogens with zero attached hydrogens (tertiary/aromatic N) is 2. The Bertz CT molecular complexity index is 1130. The van der Waals surface area contributed by atoms with E-state index in [-0.39, 0.29) is 19.1 Å². The second-order valence-corrected chi connectivity index (χ2v) is 8.00. The van der Waals surface area contributed by atoms with E-state index in [0.29, 0.717) is 22.3 Å². The van der Waals surface area contributed by atoms with Crippen LogP contribution >= 0.6 is 11.3 Å². The van der Waals surface area contributed by atoms with E-state index in [1.54, 1.807) is 22.4 Å². The number of hydrogen-bond acceptors (Lipinski definition) is 7. The van der Waals surface area contributed by atoms with Gasteiger partial charge in [-0.1, -0.05) is 24.3 Å². The first-order valence-electron chi connectivity index (χ1n) is 9.80. The molecule has 0 saturated carbocycles. The lowest BCUT2D eigenvalue weighted by atomic mass is 10.1. The number of aromatic nitrogens is 1. The fourth-order valence-corrected chi connectivity index (χ4v) is 4.09. The zero-order valence-corrected chi connectivity index (χ0v) is 18.3. The topological polar surface area (TPSA) is 78.0 Å². The Morgan fingerprint density at radius 2 is 1.94 bits per heavy atom. The van der Waals surface area contributed by atoms with E-state index in [1.807, 2.05) is 44.2 Å². The van der Waals surface area contributed by atoms with Gasteiger partial charge in [-0.25, -0.2) is 9.78 Å². The molecule has 7 nitrogen and oxygen atoms in total. The second-order valence-electron chi connectivity index (χ2n) is 7.17. The summed E-state index contributed by atoms with van der Waals surface area (Å²) in [6.45, 7) is 5.54. The lowest BCUT2D eigenvalue weighted by Gasteiger charge is -2.24. The Balaban J connectivity index is 1.43. The highest BCUT2D eigenvalue weighted by Crippen LogP contribution is 2.33. The molecule has 1 atom stereocenters. The highest BCUT2D eigenvalue weighted by atomic mass is 32.1. The highest BCUT2D eigenvalue weighted by molar-refractivity contribution is 7.14. The van der Waals surface area contributed by atoms with Crippen molar-refractivity contribution in [3.63, 3.8) is 0 Å². The predicted octanol–water partition coefficient (Wildman–Crippen LogP) is 4.33. The molecule has 3 aromatic rings. The normalized spacial score (nSPS) is 14.7. The molecule has 0 fully saturated rings. The molecule has 160 valence electrons. The zero-order valence-electron chi connectivity index (χ0n) is 17.5. The van der Waals surface area contributed by atoms with Crippen molar-refractivity contribution in [2.45, 2.75) is 33.5 Å². The fourth-order valence-electron chi connectivity index (χ4n) is 3.22. The Morgan fingerprint density at radius 1 is 1.16 bits per heavy atom. The summed E-state index contributed by atoms with van der Waals surface area (Å²) in [5.41, 5.74) is 3.44. The van der Waals surface area contributed by atoms with Crippen LogP contribution in [-0.2, 0) is 20.9 Å². The molecule has 31 heavy (non-hydrogen) atoms. The molecule has 8 heteroatoms. The number of thiazole rings is 1. The number of rotatable bonds is 5. The molecule has 0 saturated heterocycles. The summed E-state index contributed by atoms with van der Waals surface area (Å²) in [5.74, 6) is 0.448. The van der Waals surface area contributed by atoms with Crippen LogP contribution in [0.2, 0.25) is 0 Å². The molecule has 0 unspecified atom stereocenters. The minimum atomic E-state index is -0.836. The van der Waals surface area contributed by atoms with E-state index in [0.717, 1.165) is 16.8 Å². The molecular formula is C23H22N2O5S. The largest absolute Gasteiger partial charge is 0.485 e. The standard InChI is InChI=1S/C23H22N2O5S/c1-14-7-6-8-18(15(14)2)25(16(3)26)23-24-17(13-31-23)11-29-22(27)21-12-28-19-9-4-5-10-20(19)30-21/h4-10,13,21H,11-12H2,1-3H3/t21-/m1/s1. The van der Waals surface area contributed by atoms with Crippen LogP contribution in [0.15, 0.2) is 47.8 Å². The quantitative estimate of drug-likeness (QED) is 0.552. The van der Waals surface area contributed by atoms with E-state index in [9.17, 15) is 9.59 Å². The summed E-state index contributed by atoms with van der Waals surface area (Å²) in [7, 11) is 0. The number of amides is 1. The first-order chi connectivity index (χ1) is 14.9. The van der Waals surface area contributed by atoms with Gasteiger partial charge < -0.3 is 14.2 Å². The lowest BCUT2D eigenvalue weighted by Crippen LogP contribution is -2.37. The number of hydrogen-bond donors (Lipinski definition) is 0. The minimum absolute atomic E-state index is 0.0185. The third-order valence-electron chi connectivity index (χ3n) is 5.00. The summed E-state index contributed by atoms with van der Waals surface area (Å²) in [4.78, 5) is 30.9. The maximum absolute atomic E-state index is 12.4. The number of benzene rings is 2. The van der Waals surface area contributed by atoms with Gasteiger partial charge in [-0.3, -0.25) is 9.69 Å². The monoisotopic (exact) mass is 438 g/mol. The van der Waals surface area contributed by atoms with Crippen molar-refractivity contribution >= 4 is 34.0 Å². The van der Waals surface area contributed by atoms with Gasteiger partial charge in [0, 0.05) is 12.3 Å². The van der Waals surface area contributed by atoms with Gasteiger partial charge in [-0.2, -0.15) is 0 Å². The summed E-state index contributed by atoms with van der Waals surface area (Å²) >= 11 is 1.32. The average Bonchev–Trinajstić information content (AvgIpc) is 3.23. The summed E-state index contributed by atoms with van der Waals surface area (Å²) in [6.07, 6.45) is -0.836. The molecule has 1 aliphatic rings. The number of esters is 1. The van der Waals surface area contributed by atoms with Crippen LogP contribution in [0.5, 0.6) is 11.5 Å². The number of carbonyl (C=O) groups is 2. The molecule has 0 spiro atoms. The molecule has 0 aliphatic carbocycles. The van der Waals surface area contributed by atoms with Gasteiger partial charge >= 0.3 is 5.97 Å². The first kappa shape index (κ1) is 20.9. The summed E-state index contributed by atoms with van der Waals surface area (Å²) < 4.78 is 16.6. The van der Waals surface area contributed by atoms with Gasteiger partial charge in [0.15, 0.2) is 16.6 Å². The maximum Gasteiger partial charge on any atom is 0.351 e. The van der Waals surface area contributed by atoms with E-state index < -0.39 is 12.1 Å². The van der Waals surface area contributed by atoms with Gasteiger partial charge in [0.1, 0.15) is 13.2 Å². The van der Waals surface area contributed by atoms with Crippen molar-refractivity contribution < 1.29 is 23.8 Å². The van der Waals surface area contributed by atoms with E-state index in [4.69, 9.17) is 14.2 Å². The van der Waals surface area contributed by atoms with E-state index in [2.05, 4.69) is 4.98 Å². The molecule has 0 radical (unpaired) electrons. The first-order valence-corrected chi connectivity index (χ1v) is 10.7. The predicted molar refractivity (Wildman–Crippen MR) is 117 cm³/mol. The Morgan fingerprint density at radius 3 is 2.71 bits per heavy atom. The molecule has 1 aliphatic heterocycles. The third kappa shape index (κ3) is 4.39. The van der Waals surface area contributed by atoms with Gasteiger partial charge in [-0.15, -0.1) is 11.3 Å². The number of fused-ring (bicyclic) bond motifs is 1. The van der Waals surface area contributed by atoms with Crippen molar-refractivity contribution in [3.8, 4) is 11.5 Å². The van der Waals surface area contributed by atoms with Crippen molar-refractivity contribution in [1.82, 2.24) is 4.98 Å². The van der Waals surface area contributed by atoms with E-state index >= 15 is 0 Å². The molecule has 2 aromatic carbocycles. The zero-order chi connectivity index (χ0) is 22.0. The number of ether oxygens (including phenoxy) is 3. The number of para-hydroxylation sites is 2. The summed E-state index contributed by atoms with van der Waals surface area (Å²) in [6, 6.07) is 13.0. The number of carbonyl (C=O) groups excluding carboxylic acids is 2. The molecule has 1 aromatic heterocycles. The number of anilines is 2. The third-order valence-corrected chi connectivity index (χ3v) is 5.87. The second kappa shape index (κ2) is 8.77. The van der Waals surface area contributed by atoms with Crippen molar-refractivity contribution in [1.29, 1.82) is 0 Å². The Labute approximate surface area is 184 Å². The van der Waals surface area contributed by atoms with Crippen molar-refractivity contribution in [2.75, 3.05) is 11.5 Å². The molecule has 2 heterocycles. The Hall–Kier alpha value is -3.39. The van der Waals surface area contributed by atoms with Crippen LogP contribution in [0.4, 0.5) is 10.8 Å². The van der Waals surface area contributed by atoms with Gasteiger partial charge in [0.05, 0.1) is 11.4 Å². The SMILES string of the molecule is CC(=O)N(c1nc(COC(=O)[C@H]2COc3ccccc3O2)cs1)c1cccc(C)c1C. The summed E-state index contributed by atoms with van der Waals surface area (Å²) in [5, 5.41) is 2.30. The molecule has 1 amide bonds. The van der Waals surface area contributed by atoms with Crippen LogP contribution in [0.1, 0.15) is 23.7 Å². The van der Waals surface area contributed by atoms with Crippen molar-refractivity contribution in [2.24, 2.45) is 0 Å².